The molecule has 1 heterocycles. The fourth-order valence-electron chi connectivity index (χ4n) is 1.80. The molecule has 14 heavy (non-hydrogen) atoms. The fraction of sp³-hybridized carbons (Fsp3) is 0.889. The van der Waals surface area contributed by atoms with Crippen LogP contribution in [0, 0.1) is 0 Å². The molecular formula is C9H17NO4. The molecule has 1 saturated heterocycles. The Balaban J connectivity index is 2.38. The Morgan fingerprint density at radius 1 is 1.50 bits per heavy atom. The van der Waals surface area contributed by atoms with Crippen LogP contribution in [-0.2, 0) is 4.79 Å². The lowest BCUT2D eigenvalue weighted by Gasteiger charge is -2.36. The second-order valence-electron chi connectivity index (χ2n) is 3.69. The van der Waals surface area contributed by atoms with Gasteiger partial charge < -0.3 is 15.3 Å². The second-order valence-corrected chi connectivity index (χ2v) is 3.69. The summed E-state index contributed by atoms with van der Waals surface area (Å²) >= 11 is 0. The zero-order chi connectivity index (χ0) is 10.6. The van der Waals surface area contributed by atoms with Crippen LogP contribution in [0.15, 0.2) is 0 Å². The van der Waals surface area contributed by atoms with Gasteiger partial charge in [0.05, 0.1) is 19.1 Å². The first-order chi connectivity index (χ1) is 6.63. The highest BCUT2D eigenvalue weighted by Crippen LogP contribution is 2.17. The van der Waals surface area contributed by atoms with Gasteiger partial charge in [-0.05, 0) is 12.8 Å². The van der Waals surface area contributed by atoms with E-state index in [1.165, 1.54) is 0 Å². The average Bonchev–Trinajstić information content (AvgIpc) is 2.15. The Hall–Kier alpha value is -0.650. The summed E-state index contributed by atoms with van der Waals surface area (Å²) in [6, 6.07) is -0.0851. The zero-order valence-corrected chi connectivity index (χ0v) is 8.09. The van der Waals surface area contributed by atoms with Crippen molar-refractivity contribution in [3.63, 3.8) is 0 Å². The van der Waals surface area contributed by atoms with Gasteiger partial charge in [-0.15, -0.1) is 0 Å². The predicted molar refractivity (Wildman–Crippen MR) is 49.9 cm³/mol. The van der Waals surface area contributed by atoms with E-state index >= 15 is 0 Å². The van der Waals surface area contributed by atoms with Crippen molar-refractivity contribution in [2.45, 2.75) is 31.4 Å². The summed E-state index contributed by atoms with van der Waals surface area (Å²) in [5.74, 6) is -0.826. The molecule has 0 radical (unpaired) electrons. The lowest BCUT2D eigenvalue weighted by molar-refractivity contribution is -0.137. The largest absolute Gasteiger partial charge is 0.481 e. The normalized spacial score (nSPS) is 29.0. The Morgan fingerprint density at radius 3 is 2.79 bits per heavy atom. The molecule has 0 spiro atoms. The van der Waals surface area contributed by atoms with Crippen molar-refractivity contribution >= 4 is 5.97 Å². The molecule has 1 rings (SSSR count). The Kier molecular flexibility index (Phi) is 4.31. The fourth-order valence-corrected chi connectivity index (χ4v) is 1.80. The molecule has 5 heteroatoms. The Bertz CT molecular complexity index is 197. The first-order valence-electron chi connectivity index (χ1n) is 4.88. The van der Waals surface area contributed by atoms with Gasteiger partial charge in [-0.25, -0.2) is 0 Å². The molecule has 1 fully saturated rings. The van der Waals surface area contributed by atoms with E-state index in [9.17, 15) is 9.90 Å². The molecule has 0 aromatic carbocycles. The molecule has 0 aromatic heterocycles. The van der Waals surface area contributed by atoms with E-state index in [0.717, 1.165) is 0 Å². The topological polar surface area (TPSA) is 81.0 Å². The van der Waals surface area contributed by atoms with Gasteiger partial charge >= 0.3 is 5.97 Å². The Morgan fingerprint density at radius 2 is 2.21 bits per heavy atom. The van der Waals surface area contributed by atoms with Gasteiger partial charge in [0.25, 0.3) is 0 Å². The van der Waals surface area contributed by atoms with Gasteiger partial charge in [-0.3, -0.25) is 9.69 Å². The molecule has 5 nitrogen and oxygen atoms in total. The lowest BCUT2D eigenvalue weighted by Crippen LogP contribution is -2.46. The van der Waals surface area contributed by atoms with Crippen LogP contribution in [0.3, 0.4) is 0 Å². The molecular weight excluding hydrogens is 186 g/mol. The van der Waals surface area contributed by atoms with Gasteiger partial charge in [0, 0.05) is 19.1 Å². The maximum atomic E-state index is 10.4. The van der Waals surface area contributed by atoms with Gasteiger partial charge in [-0.2, -0.15) is 0 Å². The minimum Gasteiger partial charge on any atom is -0.481 e. The van der Waals surface area contributed by atoms with Crippen molar-refractivity contribution < 1.29 is 20.1 Å². The number of aliphatic hydroxyl groups is 2. The SMILES string of the molecule is O=C(O)CCN1CCC(O)CC1CO. The van der Waals surface area contributed by atoms with Crippen molar-refractivity contribution in [1.82, 2.24) is 4.90 Å². The molecule has 0 amide bonds. The van der Waals surface area contributed by atoms with E-state index in [2.05, 4.69) is 0 Å². The highest BCUT2D eigenvalue weighted by Gasteiger charge is 2.26. The standard InChI is InChI=1S/C9H17NO4/c11-6-7-5-8(12)1-3-10(7)4-2-9(13)14/h7-8,11-12H,1-6H2,(H,13,14). The molecule has 1 aliphatic rings. The van der Waals surface area contributed by atoms with E-state index in [0.29, 0.717) is 25.9 Å². The maximum absolute atomic E-state index is 10.4. The molecule has 0 aromatic rings. The van der Waals surface area contributed by atoms with E-state index in [1.807, 2.05) is 4.90 Å². The van der Waals surface area contributed by atoms with Crippen molar-refractivity contribution in [2.24, 2.45) is 0 Å². The molecule has 0 bridgehead atoms. The van der Waals surface area contributed by atoms with Gasteiger partial charge in [0.2, 0.25) is 0 Å². The van der Waals surface area contributed by atoms with E-state index in [-0.39, 0.29) is 25.2 Å². The number of carboxylic acids is 1. The number of carbonyl (C=O) groups is 1. The number of aliphatic hydroxyl groups excluding tert-OH is 2. The van der Waals surface area contributed by atoms with Crippen molar-refractivity contribution in [1.29, 1.82) is 0 Å². The highest BCUT2D eigenvalue weighted by atomic mass is 16.4. The van der Waals surface area contributed by atoms with Gasteiger partial charge in [-0.1, -0.05) is 0 Å². The minimum absolute atomic E-state index is 0.0172. The molecule has 82 valence electrons. The lowest BCUT2D eigenvalue weighted by atomic mass is 10.00. The van der Waals surface area contributed by atoms with Crippen LogP contribution >= 0.6 is 0 Å². The van der Waals surface area contributed by atoms with E-state index in [4.69, 9.17) is 10.2 Å². The predicted octanol–water partition coefficient (Wildman–Crippen LogP) is -0.721. The minimum atomic E-state index is -0.826. The Labute approximate surface area is 83.0 Å². The number of carboxylic acid groups (broad SMARTS) is 1. The second kappa shape index (κ2) is 5.29. The average molecular weight is 203 g/mol. The number of rotatable bonds is 4. The van der Waals surface area contributed by atoms with Crippen LogP contribution in [-0.4, -0.2) is 58.0 Å². The third-order valence-corrected chi connectivity index (χ3v) is 2.63. The summed E-state index contributed by atoms with van der Waals surface area (Å²) in [6.45, 7) is 1.10. The maximum Gasteiger partial charge on any atom is 0.304 e. The van der Waals surface area contributed by atoms with E-state index in [1.54, 1.807) is 0 Å². The number of hydrogen-bond donors (Lipinski definition) is 3. The third kappa shape index (κ3) is 3.25. The summed E-state index contributed by atoms with van der Waals surface area (Å²) in [4.78, 5) is 12.3. The number of nitrogens with zero attached hydrogens (tertiary/aromatic N) is 1. The van der Waals surface area contributed by atoms with Crippen LogP contribution in [0.2, 0.25) is 0 Å². The number of piperidine rings is 1. The third-order valence-electron chi connectivity index (χ3n) is 2.63. The molecule has 0 saturated carbocycles. The highest BCUT2D eigenvalue weighted by molar-refractivity contribution is 5.66. The summed E-state index contributed by atoms with van der Waals surface area (Å²) in [6.07, 6.45) is 0.937. The van der Waals surface area contributed by atoms with Crippen molar-refractivity contribution in [3.8, 4) is 0 Å². The van der Waals surface area contributed by atoms with Crippen LogP contribution < -0.4 is 0 Å². The number of likely N-dealkylation sites (tertiary alicyclic amines) is 1. The molecule has 2 unspecified atom stereocenters. The quantitative estimate of drug-likeness (QED) is 0.561. The molecule has 0 aliphatic carbocycles. The number of hydrogen-bond acceptors (Lipinski definition) is 4. The van der Waals surface area contributed by atoms with Crippen molar-refractivity contribution in [3.05, 3.63) is 0 Å². The van der Waals surface area contributed by atoms with Crippen LogP contribution in [0.4, 0.5) is 0 Å². The van der Waals surface area contributed by atoms with Crippen LogP contribution in [0.1, 0.15) is 19.3 Å². The summed E-state index contributed by atoms with van der Waals surface area (Å²) in [7, 11) is 0. The smallest absolute Gasteiger partial charge is 0.304 e. The monoisotopic (exact) mass is 203 g/mol. The molecule has 3 N–H and O–H groups in total. The summed E-state index contributed by atoms with van der Waals surface area (Å²) in [5, 5.41) is 26.9. The zero-order valence-electron chi connectivity index (χ0n) is 8.09. The van der Waals surface area contributed by atoms with Gasteiger partial charge in [0.1, 0.15) is 0 Å². The van der Waals surface area contributed by atoms with E-state index < -0.39 is 5.97 Å². The van der Waals surface area contributed by atoms with Crippen molar-refractivity contribution in [2.75, 3.05) is 19.7 Å². The first kappa shape index (κ1) is 11.4. The molecule has 2 atom stereocenters. The first-order valence-corrected chi connectivity index (χ1v) is 4.88. The van der Waals surface area contributed by atoms with Gasteiger partial charge in [0.15, 0.2) is 0 Å². The van der Waals surface area contributed by atoms with Crippen LogP contribution in [0.25, 0.3) is 0 Å². The van der Waals surface area contributed by atoms with Crippen LogP contribution in [0.5, 0.6) is 0 Å². The summed E-state index contributed by atoms with van der Waals surface area (Å²) < 4.78 is 0. The summed E-state index contributed by atoms with van der Waals surface area (Å²) in [5.41, 5.74) is 0. The number of aliphatic carboxylic acids is 1. The molecule has 1 aliphatic heterocycles.